The Hall–Kier alpha value is -4.94. The first-order chi connectivity index (χ1) is 26.7. The van der Waals surface area contributed by atoms with Crippen LogP contribution in [0, 0.1) is 29.4 Å². The van der Waals surface area contributed by atoms with Crippen molar-refractivity contribution in [2.45, 2.75) is 37.8 Å². The van der Waals surface area contributed by atoms with Crippen molar-refractivity contribution in [2.75, 3.05) is 83.7 Å². The Morgan fingerprint density at radius 2 is 1.87 bits per heavy atom. The van der Waals surface area contributed by atoms with Gasteiger partial charge in [0.25, 0.3) is 0 Å². The van der Waals surface area contributed by atoms with E-state index < -0.39 is 11.6 Å². The first-order valence-electron chi connectivity index (χ1n) is 19.0. The van der Waals surface area contributed by atoms with E-state index in [1.165, 1.54) is 36.5 Å². The van der Waals surface area contributed by atoms with Crippen LogP contribution in [0.1, 0.15) is 31.2 Å². The van der Waals surface area contributed by atoms with Crippen molar-refractivity contribution in [3.8, 4) is 35.4 Å². The highest BCUT2D eigenvalue weighted by molar-refractivity contribution is 6.03. The maximum absolute atomic E-state index is 17.2. The lowest BCUT2D eigenvalue weighted by atomic mass is 9.96. The molecule has 4 aromatic rings. The van der Waals surface area contributed by atoms with Crippen molar-refractivity contribution < 1.29 is 32.9 Å². The number of amides is 1. The maximum Gasteiger partial charge on any atom is 0.319 e. The third-order valence-corrected chi connectivity index (χ3v) is 11.3. The molecule has 0 bridgehead atoms. The normalized spacial score (nSPS) is 20.9. The molecule has 2 N–H and O–H groups in total. The monoisotopic (exact) mass is 753 g/mol. The zero-order valence-corrected chi connectivity index (χ0v) is 30.7. The number of halogens is 2. The van der Waals surface area contributed by atoms with Crippen molar-refractivity contribution >= 4 is 33.4 Å². The highest BCUT2D eigenvalue weighted by atomic mass is 19.1. The summed E-state index contributed by atoms with van der Waals surface area (Å²) in [6, 6.07) is 5.47. The van der Waals surface area contributed by atoms with Crippen molar-refractivity contribution in [3.63, 3.8) is 0 Å². The van der Waals surface area contributed by atoms with Gasteiger partial charge in [0.05, 0.1) is 36.8 Å². The third kappa shape index (κ3) is 7.80. The molecule has 8 rings (SSSR count). The molecule has 14 heteroatoms. The highest BCUT2D eigenvalue weighted by Gasteiger charge is 2.45. The van der Waals surface area contributed by atoms with Crippen LogP contribution in [0.15, 0.2) is 43.1 Å². The fourth-order valence-electron chi connectivity index (χ4n) is 8.21. The van der Waals surface area contributed by atoms with Crippen molar-refractivity contribution in [3.05, 3.63) is 60.3 Å². The number of hydrogen-bond acceptors (Lipinski definition) is 11. The maximum atomic E-state index is 17.2. The summed E-state index contributed by atoms with van der Waals surface area (Å²) in [5, 5.41) is 14.8. The Balaban J connectivity index is 1.21. The van der Waals surface area contributed by atoms with Crippen molar-refractivity contribution in [1.82, 2.24) is 30.1 Å². The summed E-state index contributed by atoms with van der Waals surface area (Å²) in [6.07, 6.45) is 12.3. The first-order valence-corrected chi connectivity index (χ1v) is 19.0. The SMILES string of the molecule is C#Cc1c(F)ccc2cc(O)cc(-c3ncc4c(N5CCN(C6CCOCC6)C[C@H](NC(=O)C=C)C5)nc(OCC5(CN6CCOCC6)CC5)nc4c3F)c12. The van der Waals surface area contributed by atoms with E-state index >= 15 is 8.78 Å². The second kappa shape index (κ2) is 15.7. The number of phenols is 1. The number of carbonyl (C=O) groups is 1. The van der Waals surface area contributed by atoms with Gasteiger partial charge >= 0.3 is 6.01 Å². The number of benzene rings is 2. The molecular weight excluding hydrogens is 708 g/mol. The fraction of sp³-hybridized carbons (Fsp3) is 0.463. The number of hydrogen-bond donors (Lipinski definition) is 2. The first kappa shape index (κ1) is 37.0. The number of aromatic hydroxyl groups is 1. The number of terminal acetylenes is 1. The summed E-state index contributed by atoms with van der Waals surface area (Å²) >= 11 is 0. The zero-order valence-electron chi connectivity index (χ0n) is 30.7. The Morgan fingerprint density at radius 1 is 1.09 bits per heavy atom. The summed E-state index contributed by atoms with van der Waals surface area (Å²) in [7, 11) is 0. The lowest BCUT2D eigenvalue weighted by molar-refractivity contribution is -0.117. The van der Waals surface area contributed by atoms with E-state index in [4.69, 9.17) is 25.6 Å². The molecule has 5 heterocycles. The van der Waals surface area contributed by atoms with E-state index in [-0.39, 0.29) is 62.9 Å². The van der Waals surface area contributed by atoms with Crippen LogP contribution in [0.25, 0.3) is 32.9 Å². The quantitative estimate of drug-likeness (QED) is 0.178. The summed E-state index contributed by atoms with van der Waals surface area (Å²) in [4.78, 5) is 33.6. The molecule has 1 aliphatic carbocycles. The van der Waals surface area contributed by atoms with Crippen LogP contribution in [0.3, 0.4) is 0 Å². The molecule has 12 nitrogen and oxygen atoms in total. The second-order valence-electron chi connectivity index (χ2n) is 15.0. The van der Waals surface area contributed by atoms with Gasteiger partial charge in [0.15, 0.2) is 5.82 Å². The lowest BCUT2D eigenvalue weighted by Crippen LogP contribution is -2.49. The minimum Gasteiger partial charge on any atom is -0.508 e. The molecule has 4 fully saturated rings. The molecule has 2 aromatic heterocycles. The number of anilines is 1. The number of carbonyl (C=O) groups excluding carboxylic acids is 1. The summed E-state index contributed by atoms with van der Waals surface area (Å²) in [5.74, 6) is 0.911. The van der Waals surface area contributed by atoms with E-state index in [0.717, 1.165) is 45.3 Å². The van der Waals surface area contributed by atoms with E-state index in [9.17, 15) is 9.90 Å². The van der Waals surface area contributed by atoms with Crippen molar-refractivity contribution in [1.29, 1.82) is 0 Å². The molecular formula is C41H45F2N7O5. The van der Waals surface area contributed by atoms with Gasteiger partial charge in [-0.2, -0.15) is 9.97 Å². The molecule has 3 aliphatic heterocycles. The van der Waals surface area contributed by atoms with Gasteiger partial charge in [-0.15, -0.1) is 6.42 Å². The van der Waals surface area contributed by atoms with Crippen LogP contribution >= 0.6 is 0 Å². The number of morpholine rings is 1. The molecule has 1 atom stereocenters. The number of nitrogens with zero attached hydrogens (tertiary/aromatic N) is 6. The smallest absolute Gasteiger partial charge is 0.319 e. The molecule has 2 aromatic carbocycles. The topological polar surface area (TPSA) is 125 Å². The van der Waals surface area contributed by atoms with Gasteiger partial charge in [-0.25, -0.2) is 8.78 Å². The average Bonchev–Trinajstić information content (AvgIpc) is 4.00. The fourth-order valence-corrected chi connectivity index (χ4v) is 8.21. The Morgan fingerprint density at radius 3 is 2.62 bits per heavy atom. The largest absolute Gasteiger partial charge is 0.508 e. The van der Waals surface area contributed by atoms with E-state index in [1.807, 2.05) is 4.90 Å². The summed E-state index contributed by atoms with van der Waals surface area (Å²) in [5.41, 5.74) is -0.213. The molecule has 1 amide bonds. The number of fused-ring (bicyclic) bond motifs is 2. The lowest BCUT2D eigenvalue weighted by Gasteiger charge is -2.34. The van der Waals surface area contributed by atoms with Crippen LogP contribution in [0.2, 0.25) is 0 Å². The molecule has 1 saturated carbocycles. The van der Waals surface area contributed by atoms with E-state index in [1.54, 1.807) is 0 Å². The highest BCUT2D eigenvalue weighted by Crippen LogP contribution is 2.47. The van der Waals surface area contributed by atoms with E-state index in [2.05, 4.69) is 37.6 Å². The summed E-state index contributed by atoms with van der Waals surface area (Å²) < 4.78 is 49.8. The van der Waals surface area contributed by atoms with Gasteiger partial charge in [-0.05, 0) is 55.3 Å². The molecule has 3 saturated heterocycles. The molecule has 55 heavy (non-hydrogen) atoms. The van der Waals surface area contributed by atoms with E-state index in [0.29, 0.717) is 75.8 Å². The third-order valence-electron chi connectivity index (χ3n) is 11.3. The predicted molar refractivity (Wildman–Crippen MR) is 204 cm³/mol. The number of aromatic nitrogens is 3. The van der Waals surface area contributed by atoms with Crippen LogP contribution in [-0.4, -0.2) is 127 Å². The molecule has 0 unspecified atom stereocenters. The second-order valence-corrected chi connectivity index (χ2v) is 15.0. The van der Waals surface area contributed by atoms with Gasteiger partial charge in [0.1, 0.15) is 28.6 Å². The molecule has 288 valence electrons. The Labute approximate surface area is 318 Å². The van der Waals surface area contributed by atoms with Crippen LogP contribution in [0.5, 0.6) is 11.8 Å². The minimum absolute atomic E-state index is 0.0140. The minimum atomic E-state index is -0.797. The molecule has 4 aliphatic rings. The zero-order chi connectivity index (χ0) is 38.1. The number of ether oxygens (including phenoxy) is 3. The average molecular weight is 754 g/mol. The van der Waals surface area contributed by atoms with Gasteiger partial charge in [0.2, 0.25) is 5.91 Å². The standard InChI is InChI=1S/C41H45F2N7O5/c1-3-30-33(42)6-5-26-19-29(51)20-31(35(26)30)37-36(43)38-32(21-44-37)39(47-40(46-38)55-25-41(9-10-41)24-48-13-17-54-18-14-48)50-12-11-49(28-7-15-53-16-8-28)22-27(23-50)45-34(52)4-2/h1,4-6,19-21,27-28,51H,2,7-18,22-25H2,(H,45,52)/t27-/m0/s1. The Kier molecular flexibility index (Phi) is 10.5. The predicted octanol–water partition coefficient (Wildman–Crippen LogP) is 4.27. The number of nitrogens with one attached hydrogen (secondary N) is 1. The van der Waals surface area contributed by atoms with Gasteiger partial charge in [-0.1, -0.05) is 18.6 Å². The summed E-state index contributed by atoms with van der Waals surface area (Å²) in [6.45, 7) is 11.5. The Bertz CT molecular complexity index is 2150. The van der Waals surface area contributed by atoms with Crippen LogP contribution < -0.4 is 15.0 Å². The number of rotatable bonds is 10. The number of phenolic OH excluding ortho intramolecular Hbond substituents is 1. The van der Waals surface area contributed by atoms with Gasteiger partial charge < -0.3 is 29.5 Å². The van der Waals surface area contributed by atoms with Crippen molar-refractivity contribution in [2.24, 2.45) is 5.41 Å². The number of pyridine rings is 1. The van der Waals surface area contributed by atoms with Crippen LogP contribution in [0.4, 0.5) is 14.6 Å². The van der Waals surface area contributed by atoms with Gasteiger partial charge in [-0.3, -0.25) is 19.6 Å². The van der Waals surface area contributed by atoms with Crippen LogP contribution in [-0.2, 0) is 14.3 Å². The van der Waals surface area contributed by atoms with Gasteiger partial charge in [0, 0.05) is 87.6 Å². The molecule has 0 spiro atoms. The molecule has 0 radical (unpaired) electrons.